The first-order valence-electron chi connectivity index (χ1n) is 4.56. The van der Waals surface area contributed by atoms with Crippen molar-refractivity contribution >= 4 is 32.4 Å². The van der Waals surface area contributed by atoms with Gasteiger partial charge in [0.15, 0.2) is 0 Å². The second-order valence-corrected chi connectivity index (χ2v) is 6.30. The summed E-state index contributed by atoms with van der Waals surface area (Å²) in [4.78, 5) is 10.7. The summed E-state index contributed by atoms with van der Waals surface area (Å²) in [5.74, 6) is -0.353. The average molecular weight is 280 g/mol. The Morgan fingerprint density at radius 1 is 1.53 bits per heavy atom. The van der Waals surface area contributed by atoms with E-state index in [1.807, 2.05) is 0 Å². The van der Waals surface area contributed by atoms with E-state index in [0.29, 0.717) is 0 Å². The molecule has 96 valence electrons. The molecule has 1 aromatic heterocycles. The molecule has 0 atom stereocenters. The number of likely N-dealkylation sites (N-methyl/N-ethyl adjacent to an activating group) is 1. The van der Waals surface area contributed by atoms with Crippen LogP contribution in [0.1, 0.15) is 6.92 Å². The van der Waals surface area contributed by atoms with Crippen LogP contribution in [-0.4, -0.2) is 54.1 Å². The van der Waals surface area contributed by atoms with Crippen molar-refractivity contribution in [2.24, 2.45) is 0 Å². The predicted molar refractivity (Wildman–Crippen MR) is 61.1 cm³/mol. The molecule has 0 aromatic carbocycles. The van der Waals surface area contributed by atoms with Crippen molar-refractivity contribution in [3.63, 3.8) is 0 Å². The monoisotopic (exact) mass is 280 g/mol. The third-order valence-electron chi connectivity index (χ3n) is 1.74. The van der Waals surface area contributed by atoms with Gasteiger partial charge in [-0.15, -0.1) is 10.2 Å². The molecule has 1 amide bonds. The van der Waals surface area contributed by atoms with Crippen molar-refractivity contribution < 1.29 is 18.3 Å². The van der Waals surface area contributed by atoms with Crippen LogP contribution in [0.15, 0.2) is 4.34 Å². The van der Waals surface area contributed by atoms with Crippen LogP contribution in [0.3, 0.4) is 0 Å². The highest BCUT2D eigenvalue weighted by Gasteiger charge is 2.25. The smallest absolute Gasteiger partial charge is 0.272 e. The molecule has 0 unspecified atom stereocenters. The first-order chi connectivity index (χ1) is 7.87. The molecule has 0 saturated carbocycles. The summed E-state index contributed by atoms with van der Waals surface area (Å²) >= 11 is 0.757. The van der Waals surface area contributed by atoms with E-state index in [-0.39, 0.29) is 28.5 Å². The Bertz CT molecular complexity index is 498. The summed E-state index contributed by atoms with van der Waals surface area (Å²) in [6.07, 6.45) is 0. The Kier molecular flexibility index (Phi) is 4.51. The van der Waals surface area contributed by atoms with Crippen molar-refractivity contribution in [3.05, 3.63) is 0 Å². The standard InChI is InChI=1S/C7H12N4O4S2/c1-5(13)8-6-9-10-7(16-6)17(14,15)11(2)3-4-12/h12H,3-4H2,1-2H3,(H,8,9,13). The zero-order valence-corrected chi connectivity index (χ0v) is 10.9. The Hall–Kier alpha value is -1.10. The largest absolute Gasteiger partial charge is 0.395 e. The van der Waals surface area contributed by atoms with Crippen LogP contribution < -0.4 is 5.32 Å². The van der Waals surface area contributed by atoms with Crippen LogP contribution in [0, 0.1) is 0 Å². The fraction of sp³-hybridized carbons (Fsp3) is 0.571. The van der Waals surface area contributed by atoms with Crippen LogP contribution in [0.25, 0.3) is 0 Å². The van der Waals surface area contributed by atoms with Gasteiger partial charge in [0.25, 0.3) is 10.0 Å². The molecule has 0 radical (unpaired) electrons. The molecule has 17 heavy (non-hydrogen) atoms. The summed E-state index contributed by atoms with van der Waals surface area (Å²) in [5, 5.41) is 18.2. The fourth-order valence-corrected chi connectivity index (χ4v) is 3.21. The topological polar surface area (TPSA) is 112 Å². The molecule has 1 aromatic rings. The number of aliphatic hydroxyl groups is 1. The van der Waals surface area contributed by atoms with Gasteiger partial charge < -0.3 is 10.4 Å². The first kappa shape index (κ1) is 14.0. The Balaban J connectivity index is 2.92. The number of nitrogens with zero attached hydrogens (tertiary/aromatic N) is 3. The maximum atomic E-state index is 11.8. The first-order valence-corrected chi connectivity index (χ1v) is 6.82. The molecule has 0 aliphatic rings. The minimum Gasteiger partial charge on any atom is -0.395 e. The van der Waals surface area contributed by atoms with Crippen LogP contribution in [0.2, 0.25) is 0 Å². The maximum absolute atomic E-state index is 11.8. The molecular formula is C7H12N4O4S2. The SMILES string of the molecule is CC(=O)Nc1nnc(S(=O)(=O)N(C)CCO)s1. The quantitative estimate of drug-likeness (QED) is 0.677. The van der Waals surface area contributed by atoms with Gasteiger partial charge in [0, 0.05) is 20.5 Å². The Morgan fingerprint density at radius 3 is 2.71 bits per heavy atom. The third-order valence-corrected chi connectivity index (χ3v) is 4.78. The molecule has 1 rings (SSSR count). The molecule has 0 aliphatic carbocycles. The second-order valence-electron chi connectivity index (χ2n) is 3.10. The minimum atomic E-state index is -3.75. The van der Waals surface area contributed by atoms with Crippen LogP contribution >= 0.6 is 11.3 Å². The average Bonchev–Trinajstić information content (AvgIpc) is 2.66. The van der Waals surface area contributed by atoms with E-state index in [1.165, 1.54) is 14.0 Å². The molecule has 1 heterocycles. The number of aromatic nitrogens is 2. The summed E-state index contributed by atoms with van der Waals surface area (Å²) < 4.78 is 24.4. The van der Waals surface area contributed by atoms with Gasteiger partial charge >= 0.3 is 0 Å². The Labute approximate surface area is 102 Å². The highest BCUT2D eigenvalue weighted by Crippen LogP contribution is 2.22. The fourth-order valence-electron chi connectivity index (χ4n) is 0.909. The molecule has 2 N–H and O–H groups in total. The predicted octanol–water partition coefficient (Wildman–Crippen LogP) is -0.891. The summed E-state index contributed by atoms with van der Waals surface area (Å²) in [6.45, 7) is 0.970. The molecule has 8 nitrogen and oxygen atoms in total. The van der Waals surface area contributed by atoms with Gasteiger partial charge in [-0.05, 0) is 0 Å². The van der Waals surface area contributed by atoms with E-state index < -0.39 is 10.0 Å². The highest BCUT2D eigenvalue weighted by atomic mass is 32.2. The lowest BCUT2D eigenvalue weighted by Crippen LogP contribution is -2.29. The molecule has 0 spiro atoms. The highest BCUT2D eigenvalue weighted by molar-refractivity contribution is 7.91. The maximum Gasteiger partial charge on any atom is 0.272 e. The molecule has 0 saturated heterocycles. The number of hydrogen-bond donors (Lipinski definition) is 2. The zero-order valence-electron chi connectivity index (χ0n) is 9.24. The lowest BCUT2D eigenvalue weighted by molar-refractivity contribution is -0.114. The van der Waals surface area contributed by atoms with Crippen LogP contribution in [0.5, 0.6) is 0 Å². The van der Waals surface area contributed by atoms with E-state index in [0.717, 1.165) is 15.6 Å². The Morgan fingerprint density at radius 2 is 2.18 bits per heavy atom. The number of nitrogens with one attached hydrogen (secondary N) is 1. The van der Waals surface area contributed by atoms with Gasteiger partial charge in [-0.1, -0.05) is 11.3 Å². The molecule has 0 fully saturated rings. The molecule has 0 bridgehead atoms. The summed E-state index contributed by atoms with van der Waals surface area (Å²) in [7, 11) is -2.42. The lowest BCUT2D eigenvalue weighted by atomic mass is 10.7. The number of rotatable bonds is 5. The number of sulfonamides is 1. The third kappa shape index (κ3) is 3.43. The molecule has 10 heteroatoms. The number of amides is 1. The van der Waals surface area contributed by atoms with Gasteiger partial charge in [0.1, 0.15) is 0 Å². The normalized spacial score (nSPS) is 11.8. The van der Waals surface area contributed by atoms with E-state index in [1.54, 1.807) is 0 Å². The van der Waals surface area contributed by atoms with Gasteiger partial charge in [0.05, 0.1) is 6.61 Å². The van der Waals surface area contributed by atoms with Crippen LogP contribution in [0.4, 0.5) is 5.13 Å². The van der Waals surface area contributed by atoms with Crippen molar-refractivity contribution in [1.82, 2.24) is 14.5 Å². The van der Waals surface area contributed by atoms with Crippen molar-refractivity contribution in [2.45, 2.75) is 11.3 Å². The number of carbonyl (C=O) groups excluding carboxylic acids is 1. The second kappa shape index (κ2) is 5.49. The summed E-state index contributed by atoms with van der Waals surface area (Å²) in [6, 6.07) is 0. The van der Waals surface area contributed by atoms with Gasteiger partial charge in [-0.2, -0.15) is 4.31 Å². The number of aliphatic hydroxyl groups excluding tert-OH is 1. The van der Waals surface area contributed by atoms with Crippen molar-refractivity contribution in [3.8, 4) is 0 Å². The molecule has 0 aliphatic heterocycles. The summed E-state index contributed by atoms with van der Waals surface area (Å²) in [5.41, 5.74) is 0. The van der Waals surface area contributed by atoms with E-state index in [4.69, 9.17) is 5.11 Å². The number of anilines is 1. The number of carbonyl (C=O) groups is 1. The minimum absolute atomic E-state index is 0.0304. The van der Waals surface area contributed by atoms with Gasteiger partial charge in [-0.25, -0.2) is 8.42 Å². The van der Waals surface area contributed by atoms with Crippen LogP contribution in [-0.2, 0) is 14.8 Å². The van der Waals surface area contributed by atoms with E-state index in [2.05, 4.69) is 15.5 Å². The lowest BCUT2D eigenvalue weighted by Gasteiger charge is -2.12. The van der Waals surface area contributed by atoms with E-state index in [9.17, 15) is 13.2 Å². The van der Waals surface area contributed by atoms with Crippen molar-refractivity contribution in [1.29, 1.82) is 0 Å². The van der Waals surface area contributed by atoms with Gasteiger partial charge in [0.2, 0.25) is 15.4 Å². The number of hydrogen-bond acceptors (Lipinski definition) is 7. The zero-order chi connectivity index (χ0) is 13.1. The van der Waals surface area contributed by atoms with E-state index >= 15 is 0 Å². The molecular weight excluding hydrogens is 268 g/mol. The van der Waals surface area contributed by atoms with Gasteiger partial charge in [-0.3, -0.25) is 4.79 Å². The van der Waals surface area contributed by atoms with Crippen molar-refractivity contribution in [2.75, 3.05) is 25.5 Å².